The molecule has 1 atom stereocenters. The van der Waals surface area contributed by atoms with Gasteiger partial charge in [-0.1, -0.05) is 40.9 Å². The normalized spacial score (nSPS) is 12.0. The van der Waals surface area contributed by atoms with Crippen LogP contribution in [0.15, 0.2) is 42.5 Å². The van der Waals surface area contributed by atoms with E-state index in [2.05, 4.69) is 5.32 Å². The van der Waals surface area contributed by atoms with Crippen molar-refractivity contribution in [1.29, 1.82) is 0 Å². The van der Waals surface area contributed by atoms with Crippen LogP contribution >= 0.6 is 34.8 Å². The molecule has 104 valence electrons. The maximum Gasteiger partial charge on any atom is 0.251 e. The lowest BCUT2D eigenvalue weighted by molar-refractivity contribution is 0.0940. The molecule has 2 nitrogen and oxygen atoms in total. The summed E-state index contributed by atoms with van der Waals surface area (Å²) in [5, 5.41) is 4.57. The van der Waals surface area contributed by atoms with Crippen molar-refractivity contribution in [3.63, 3.8) is 0 Å². The Morgan fingerprint density at radius 3 is 2.20 bits per heavy atom. The van der Waals surface area contributed by atoms with E-state index in [9.17, 15) is 4.79 Å². The van der Waals surface area contributed by atoms with Crippen LogP contribution in [-0.2, 0) is 0 Å². The summed E-state index contributed by atoms with van der Waals surface area (Å²) >= 11 is 17.8. The van der Waals surface area contributed by atoms with Gasteiger partial charge in [0.05, 0.1) is 6.04 Å². The maximum atomic E-state index is 12.1. The van der Waals surface area contributed by atoms with Crippen LogP contribution in [0.2, 0.25) is 15.1 Å². The van der Waals surface area contributed by atoms with Gasteiger partial charge in [-0.15, -0.1) is 0 Å². The summed E-state index contributed by atoms with van der Waals surface area (Å²) < 4.78 is 0. The number of amides is 1. The summed E-state index contributed by atoms with van der Waals surface area (Å²) in [5.74, 6) is -0.180. The van der Waals surface area contributed by atoms with Gasteiger partial charge >= 0.3 is 0 Å². The van der Waals surface area contributed by atoms with Crippen LogP contribution in [-0.4, -0.2) is 5.91 Å². The summed E-state index contributed by atoms with van der Waals surface area (Å²) in [6.07, 6.45) is 0. The molecule has 2 aromatic rings. The summed E-state index contributed by atoms with van der Waals surface area (Å²) in [4.78, 5) is 12.1. The molecule has 20 heavy (non-hydrogen) atoms. The molecule has 0 saturated heterocycles. The van der Waals surface area contributed by atoms with Crippen molar-refractivity contribution in [3.05, 3.63) is 68.7 Å². The Morgan fingerprint density at radius 2 is 1.60 bits per heavy atom. The first-order valence-corrected chi connectivity index (χ1v) is 7.12. The fourth-order valence-electron chi connectivity index (χ4n) is 1.81. The number of carbonyl (C=O) groups is 1. The van der Waals surface area contributed by atoms with Gasteiger partial charge in [0.1, 0.15) is 0 Å². The SMILES string of the molecule is CC(NC(=O)c1ccc(Cl)cc1)c1ccc(Cl)cc1Cl. The maximum absolute atomic E-state index is 12.1. The molecule has 1 N–H and O–H groups in total. The molecular formula is C15H12Cl3NO. The Kier molecular flexibility index (Phi) is 4.92. The van der Waals surface area contributed by atoms with Crippen molar-refractivity contribution < 1.29 is 4.79 Å². The highest BCUT2D eigenvalue weighted by atomic mass is 35.5. The van der Waals surface area contributed by atoms with Crippen LogP contribution in [0.5, 0.6) is 0 Å². The van der Waals surface area contributed by atoms with Crippen molar-refractivity contribution in [2.75, 3.05) is 0 Å². The molecule has 0 heterocycles. The second kappa shape index (κ2) is 6.49. The molecule has 0 bridgehead atoms. The second-order valence-corrected chi connectivity index (χ2v) is 5.65. The van der Waals surface area contributed by atoms with Crippen LogP contribution < -0.4 is 5.32 Å². The highest BCUT2D eigenvalue weighted by molar-refractivity contribution is 6.35. The lowest BCUT2D eigenvalue weighted by Crippen LogP contribution is -2.26. The lowest BCUT2D eigenvalue weighted by Gasteiger charge is -2.16. The van der Waals surface area contributed by atoms with E-state index < -0.39 is 0 Å². The molecule has 0 radical (unpaired) electrons. The van der Waals surface area contributed by atoms with E-state index in [4.69, 9.17) is 34.8 Å². The molecule has 0 spiro atoms. The molecule has 0 aliphatic carbocycles. The number of halogens is 3. The quantitative estimate of drug-likeness (QED) is 0.830. The van der Waals surface area contributed by atoms with E-state index in [1.807, 2.05) is 6.92 Å². The van der Waals surface area contributed by atoms with Crippen LogP contribution in [0.3, 0.4) is 0 Å². The predicted molar refractivity (Wildman–Crippen MR) is 83.8 cm³/mol. The topological polar surface area (TPSA) is 29.1 Å². The van der Waals surface area contributed by atoms with Crippen LogP contribution in [0.1, 0.15) is 28.9 Å². The van der Waals surface area contributed by atoms with E-state index in [0.717, 1.165) is 5.56 Å². The van der Waals surface area contributed by atoms with Crippen molar-refractivity contribution in [3.8, 4) is 0 Å². The Labute approximate surface area is 132 Å². The standard InChI is InChI=1S/C15H12Cl3NO/c1-9(13-7-6-12(17)8-14(13)18)19-15(20)10-2-4-11(16)5-3-10/h2-9H,1H3,(H,19,20). The molecule has 1 amide bonds. The first-order chi connectivity index (χ1) is 9.47. The first kappa shape index (κ1) is 15.2. The number of carbonyl (C=O) groups excluding carboxylic acids is 1. The third-order valence-electron chi connectivity index (χ3n) is 2.88. The fraction of sp³-hybridized carbons (Fsp3) is 0.133. The average Bonchev–Trinajstić information content (AvgIpc) is 2.39. The average molecular weight is 329 g/mol. The zero-order chi connectivity index (χ0) is 14.7. The van der Waals surface area contributed by atoms with Gasteiger partial charge in [-0.25, -0.2) is 0 Å². The highest BCUT2D eigenvalue weighted by Crippen LogP contribution is 2.26. The third kappa shape index (κ3) is 3.66. The van der Waals surface area contributed by atoms with E-state index in [0.29, 0.717) is 20.6 Å². The number of rotatable bonds is 3. The molecule has 2 aromatic carbocycles. The Hall–Kier alpha value is -1.22. The van der Waals surface area contributed by atoms with E-state index >= 15 is 0 Å². The highest BCUT2D eigenvalue weighted by Gasteiger charge is 2.14. The third-order valence-corrected chi connectivity index (χ3v) is 3.70. The predicted octanol–water partition coefficient (Wildman–Crippen LogP) is 5.14. The second-order valence-electron chi connectivity index (χ2n) is 4.37. The number of nitrogens with one attached hydrogen (secondary N) is 1. The smallest absolute Gasteiger partial charge is 0.251 e. The molecule has 0 aliphatic heterocycles. The van der Waals surface area contributed by atoms with Gasteiger partial charge in [-0.3, -0.25) is 4.79 Å². The summed E-state index contributed by atoms with van der Waals surface area (Å²) in [5.41, 5.74) is 1.37. The van der Waals surface area contributed by atoms with Crippen LogP contribution in [0.25, 0.3) is 0 Å². The zero-order valence-corrected chi connectivity index (χ0v) is 12.9. The van der Waals surface area contributed by atoms with Gasteiger partial charge in [0.15, 0.2) is 0 Å². The molecular weight excluding hydrogens is 317 g/mol. The summed E-state index contributed by atoms with van der Waals surface area (Å²) in [6.45, 7) is 1.86. The minimum atomic E-state index is -0.219. The van der Waals surface area contributed by atoms with Gasteiger partial charge < -0.3 is 5.32 Å². The summed E-state index contributed by atoms with van der Waals surface area (Å²) in [6, 6.07) is 11.7. The molecule has 0 aliphatic rings. The number of hydrogen-bond donors (Lipinski definition) is 1. The van der Waals surface area contributed by atoms with Crippen molar-refractivity contribution >= 4 is 40.7 Å². The van der Waals surface area contributed by atoms with Gasteiger partial charge in [0, 0.05) is 20.6 Å². The van der Waals surface area contributed by atoms with Crippen LogP contribution in [0.4, 0.5) is 0 Å². The van der Waals surface area contributed by atoms with Crippen molar-refractivity contribution in [2.45, 2.75) is 13.0 Å². The summed E-state index contributed by atoms with van der Waals surface area (Å²) in [7, 11) is 0. The van der Waals surface area contributed by atoms with E-state index in [1.54, 1.807) is 42.5 Å². The number of benzene rings is 2. The van der Waals surface area contributed by atoms with E-state index in [1.165, 1.54) is 0 Å². The van der Waals surface area contributed by atoms with Gasteiger partial charge in [0.25, 0.3) is 5.91 Å². The molecule has 0 aromatic heterocycles. The minimum Gasteiger partial charge on any atom is -0.345 e. The molecule has 0 saturated carbocycles. The van der Waals surface area contributed by atoms with Gasteiger partial charge in [0.2, 0.25) is 0 Å². The zero-order valence-electron chi connectivity index (χ0n) is 10.7. The monoisotopic (exact) mass is 327 g/mol. The molecule has 2 rings (SSSR count). The Morgan fingerprint density at radius 1 is 1.00 bits per heavy atom. The first-order valence-electron chi connectivity index (χ1n) is 5.99. The Bertz CT molecular complexity index is 626. The van der Waals surface area contributed by atoms with Crippen molar-refractivity contribution in [2.24, 2.45) is 0 Å². The van der Waals surface area contributed by atoms with Crippen molar-refractivity contribution in [1.82, 2.24) is 5.32 Å². The number of hydrogen-bond acceptors (Lipinski definition) is 1. The Balaban J connectivity index is 2.12. The molecule has 1 unspecified atom stereocenters. The largest absolute Gasteiger partial charge is 0.345 e. The molecule has 0 fully saturated rings. The van der Waals surface area contributed by atoms with Gasteiger partial charge in [-0.2, -0.15) is 0 Å². The van der Waals surface area contributed by atoms with Crippen LogP contribution in [0, 0.1) is 0 Å². The van der Waals surface area contributed by atoms with Gasteiger partial charge in [-0.05, 0) is 48.9 Å². The fourth-order valence-corrected chi connectivity index (χ4v) is 2.51. The van der Waals surface area contributed by atoms with E-state index in [-0.39, 0.29) is 11.9 Å². The minimum absolute atomic E-state index is 0.180. The lowest BCUT2D eigenvalue weighted by atomic mass is 10.1. The molecule has 5 heteroatoms.